The monoisotopic (exact) mass is 217 g/mol. The second-order valence-electron chi connectivity index (χ2n) is 4.69. The zero-order valence-electron chi connectivity index (χ0n) is 9.83. The number of rotatable bonds is 4. The van der Waals surface area contributed by atoms with Crippen LogP contribution in [0, 0.1) is 0 Å². The molecule has 1 heterocycles. The molecule has 86 valence electrons. The molecule has 2 heteroatoms. The zero-order chi connectivity index (χ0) is 11.4. The molecule has 0 saturated carbocycles. The van der Waals surface area contributed by atoms with Gasteiger partial charge in [-0.1, -0.05) is 36.9 Å². The van der Waals surface area contributed by atoms with Crippen molar-refractivity contribution in [1.29, 1.82) is 0 Å². The van der Waals surface area contributed by atoms with Gasteiger partial charge in [-0.05, 0) is 24.5 Å². The van der Waals surface area contributed by atoms with Crippen LogP contribution in [-0.2, 0) is 4.74 Å². The number of ether oxygens (including phenoxy) is 1. The lowest BCUT2D eigenvalue weighted by Gasteiger charge is -2.24. The van der Waals surface area contributed by atoms with E-state index in [1.165, 1.54) is 5.56 Å². The molecule has 0 bridgehead atoms. The van der Waals surface area contributed by atoms with Crippen molar-refractivity contribution in [2.45, 2.75) is 18.9 Å². The first kappa shape index (κ1) is 11.4. The maximum Gasteiger partial charge on any atom is 0.0646 e. The number of hydrogen-bond donors (Lipinski definition) is 1. The summed E-state index contributed by atoms with van der Waals surface area (Å²) < 4.78 is 5.41. The summed E-state index contributed by atoms with van der Waals surface area (Å²) in [6.07, 6.45) is 1.08. The smallest absolute Gasteiger partial charge is 0.0646 e. The maximum atomic E-state index is 5.41. The van der Waals surface area contributed by atoms with Crippen LogP contribution in [0.15, 0.2) is 36.9 Å². The third-order valence-electron chi connectivity index (χ3n) is 3.13. The first-order chi connectivity index (χ1) is 7.70. The van der Waals surface area contributed by atoms with Crippen LogP contribution in [0.5, 0.6) is 0 Å². The largest absolute Gasteiger partial charge is 0.379 e. The first-order valence-corrected chi connectivity index (χ1v) is 5.76. The van der Waals surface area contributed by atoms with Gasteiger partial charge in [0.1, 0.15) is 0 Å². The summed E-state index contributed by atoms with van der Waals surface area (Å²) >= 11 is 0. The van der Waals surface area contributed by atoms with E-state index < -0.39 is 0 Å². The van der Waals surface area contributed by atoms with Crippen molar-refractivity contribution in [2.24, 2.45) is 0 Å². The van der Waals surface area contributed by atoms with Gasteiger partial charge in [0.25, 0.3) is 0 Å². The van der Waals surface area contributed by atoms with Crippen molar-refractivity contribution in [3.8, 4) is 0 Å². The van der Waals surface area contributed by atoms with Crippen LogP contribution in [-0.4, -0.2) is 25.3 Å². The van der Waals surface area contributed by atoms with E-state index >= 15 is 0 Å². The Morgan fingerprint density at radius 2 is 2.19 bits per heavy atom. The topological polar surface area (TPSA) is 21.3 Å². The van der Waals surface area contributed by atoms with E-state index in [0.717, 1.165) is 31.8 Å². The van der Waals surface area contributed by atoms with Crippen LogP contribution < -0.4 is 5.32 Å². The fraction of sp³-hybridized carbons (Fsp3) is 0.429. The van der Waals surface area contributed by atoms with Crippen molar-refractivity contribution in [3.05, 3.63) is 42.5 Å². The summed E-state index contributed by atoms with van der Waals surface area (Å²) in [7, 11) is 0. The highest BCUT2D eigenvalue weighted by molar-refractivity contribution is 5.64. The van der Waals surface area contributed by atoms with Gasteiger partial charge in [0, 0.05) is 18.7 Å². The van der Waals surface area contributed by atoms with Crippen molar-refractivity contribution < 1.29 is 4.74 Å². The molecule has 1 atom stereocenters. The third kappa shape index (κ3) is 2.71. The van der Waals surface area contributed by atoms with Gasteiger partial charge in [0.05, 0.1) is 6.61 Å². The minimum atomic E-state index is 0.123. The lowest BCUT2D eigenvalue weighted by Crippen LogP contribution is -2.43. The number of nitrogens with one attached hydrogen (secondary N) is 1. The minimum absolute atomic E-state index is 0.123. The molecule has 0 aromatic heterocycles. The van der Waals surface area contributed by atoms with Crippen LogP contribution >= 0.6 is 0 Å². The fourth-order valence-corrected chi connectivity index (χ4v) is 1.90. The van der Waals surface area contributed by atoms with E-state index in [1.54, 1.807) is 0 Å². The molecule has 1 aliphatic rings. The molecule has 1 N–H and O–H groups in total. The summed E-state index contributed by atoms with van der Waals surface area (Å²) in [4.78, 5) is 0. The second kappa shape index (κ2) is 4.81. The Balaban J connectivity index is 1.89. The quantitative estimate of drug-likeness (QED) is 0.836. The van der Waals surface area contributed by atoms with Gasteiger partial charge >= 0.3 is 0 Å². The molecule has 1 saturated heterocycles. The summed E-state index contributed by atoms with van der Waals surface area (Å²) in [5.74, 6) is 0. The first-order valence-electron chi connectivity index (χ1n) is 5.76. The Labute approximate surface area is 97.3 Å². The van der Waals surface area contributed by atoms with Crippen LogP contribution in [0.4, 0.5) is 0 Å². The Bertz CT molecular complexity index is 352. The summed E-state index contributed by atoms with van der Waals surface area (Å²) in [6.45, 7) is 8.81. The Morgan fingerprint density at radius 3 is 2.81 bits per heavy atom. The highest BCUT2D eigenvalue weighted by Crippen LogP contribution is 2.19. The molecular weight excluding hydrogens is 198 g/mol. The van der Waals surface area contributed by atoms with Crippen LogP contribution in [0.3, 0.4) is 0 Å². The van der Waals surface area contributed by atoms with Crippen molar-refractivity contribution in [3.63, 3.8) is 0 Å². The van der Waals surface area contributed by atoms with Gasteiger partial charge in [-0.3, -0.25) is 0 Å². The normalized spacial score (nSPS) is 24.6. The predicted octanol–water partition coefficient (Wildman–Crippen LogP) is 2.47. The van der Waals surface area contributed by atoms with E-state index in [0.29, 0.717) is 0 Å². The van der Waals surface area contributed by atoms with Crippen molar-refractivity contribution >= 4 is 5.57 Å². The van der Waals surface area contributed by atoms with Gasteiger partial charge in [-0.15, -0.1) is 0 Å². The molecule has 1 unspecified atom stereocenters. The molecule has 0 aliphatic carbocycles. The lowest BCUT2D eigenvalue weighted by atomic mass is 10.0. The predicted molar refractivity (Wildman–Crippen MR) is 67.3 cm³/mol. The lowest BCUT2D eigenvalue weighted by molar-refractivity contribution is 0.173. The molecule has 1 aromatic carbocycles. The van der Waals surface area contributed by atoms with E-state index in [2.05, 4.69) is 31.0 Å². The zero-order valence-corrected chi connectivity index (χ0v) is 9.83. The highest BCUT2D eigenvalue weighted by Gasteiger charge is 2.28. The fourth-order valence-electron chi connectivity index (χ4n) is 1.90. The Morgan fingerprint density at radius 1 is 1.44 bits per heavy atom. The van der Waals surface area contributed by atoms with Crippen LogP contribution in [0.1, 0.15) is 18.9 Å². The van der Waals surface area contributed by atoms with Gasteiger partial charge in [-0.25, -0.2) is 0 Å². The average molecular weight is 217 g/mol. The van der Waals surface area contributed by atoms with Gasteiger partial charge in [0.2, 0.25) is 0 Å². The molecule has 2 rings (SSSR count). The second-order valence-corrected chi connectivity index (χ2v) is 4.69. The third-order valence-corrected chi connectivity index (χ3v) is 3.13. The summed E-state index contributed by atoms with van der Waals surface area (Å²) in [6, 6.07) is 10.3. The molecule has 1 aromatic rings. The highest BCUT2D eigenvalue weighted by atomic mass is 16.5. The van der Waals surface area contributed by atoms with E-state index in [-0.39, 0.29) is 5.54 Å². The van der Waals surface area contributed by atoms with Gasteiger partial charge in [0.15, 0.2) is 0 Å². The van der Waals surface area contributed by atoms with Gasteiger partial charge < -0.3 is 10.1 Å². The Hall–Kier alpha value is -1.12. The SMILES string of the molecule is C=C(CNC1(C)CCOC1)c1ccccc1. The van der Waals surface area contributed by atoms with E-state index in [1.807, 2.05) is 18.2 Å². The van der Waals surface area contributed by atoms with E-state index in [9.17, 15) is 0 Å². The molecular formula is C14H19NO. The molecule has 1 fully saturated rings. The molecule has 0 spiro atoms. The van der Waals surface area contributed by atoms with E-state index in [4.69, 9.17) is 4.74 Å². The Kier molecular flexibility index (Phi) is 3.42. The average Bonchev–Trinajstić information content (AvgIpc) is 2.75. The molecule has 1 aliphatic heterocycles. The van der Waals surface area contributed by atoms with Crippen LogP contribution in [0.2, 0.25) is 0 Å². The maximum absolute atomic E-state index is 5.41. The number of benzene rings is 1. The van der Waals surface area contributed by atoms with Crippen molar-refractivity contribution in [2.75, 3.05) is 19.8 Å². The number of hydrogen-bond acceptors (Lipinski definition) is 2. The molecule has 2 nitrogen and oxygen atoms in total. The van der Waals surface area contributed by atoms with Gasteiger partial charge in [-0.2, -0.15) is 0 Å². The molecule has 16 heavy (non-hydrogen) atoms. The van der Waals surface area contributed by atoms with Crippen LogP contribution in [0.25, 0.3) is 5.57 Å². The minimum Gasteiger partial charge on any atom is -0.379 e. The standard InChI is InChI=1S/C14H19NO/c1-12(13-6-4-3-5-7-13)10-15-14(2)8-9-16-11-14/h3-7,15H,1,8-11H2,2H3. The summed E-state index contributed by atoms with van der Waals surface area (Å²) in [5.41, 5.74) is 2.46. The summed E-state index contributed by atoms with van der Waals surface area (Å²) in [5, 5.41) is 3.53. The van der Waals surface area contributed by atoms with Crippen molar-refractivity contribution in [1.82, 2.24) is 5.32 Å². The molecule has 0 radical (unpaired) electrons. The molecule has 0 amide bonds.